The lowest BCUT2D eigenvalue weighted by Crippen LogP contribution is -2.62. The summed E-state index contributed by atoms with van der Waals surface area (Å²) in [6.45, 7) is 7.44. The van der Waals surface area contributed by atoms with Gasteiger partial charge in [-0.05, 0) is 45.9 Å². The van der Waals surface area contributed by atoms with Gasteiger partial charge in [0.15, 0.2) is 0 Å². The van der Waals surface area contributed by atoms with Crippen molar-refractivity contribution in [1.29, 1.82) is 0 Å². The van der Waals surface area contributed by atoms with Crippen molar-refractivity contribution in [3.05, 3.63) is 30.1 Å². The molecule has 20 heavy (non-hydrogen) atoms. The molecule has 1 saturated heterocycles. The molecule has 110 valence electrons. The van der Waals surface area contributed by atoms with Gasteiger partial charge >= 0.3 is 6.09 Å². The summed E-state index contributed by atoms with van der Waals surface area (Å²) in [5.74, 6) is 0. The molecule has 0 radical (unpaired) electrons. The van der Waals surface area contributed by atoms with Gasteiger partial charge in [-0.3, -0.25) is 4.98 Å². The van der Waals surface area contributed by atoms with Crippen LogP contribution < -0.4 is 5.73 Å². The van der Waals surface area contributed by atoms with Crippen molar-refractivity contribution < 1.29 is 9.53 Å². The third kappa shape index (κ3) is 3.10. The third-order valence-corrected chi connectivity index (χ3v) is 3.47. The van der Waals surface area contributed by atoms with Crippen molar-refractivity contribution >= 4 is 6.09 Å². The summed E-state index contributed by atoms with van der Waals surface area (Å²) in [7, 11) is 0. The highest BCUT2D eigenvalue weighted by Crippen LogP contribution is 2.37. The zero-order chi connectivity index (χ0) is 14.8. The Hall–Kier alpha value is -1.62. The molecule has 2 N–H and O–H groups in total. The van der Waals surface area contributed by atoms with Gasteiger partial charge in [-0.25, -0.2) is 4.79 Å². The van der Waals surface area contributed by atoms with Gasteiger partial charge in [0.05, 0.1) is 5.69 Å². The summed E-state index contributed by atoms with van der Waals surface area (Å²) in [4.78, 5) is 18.2. The fourth-order valence-corrected chi connectivity index (χ4v) is 2.54. The number of carbonyl (C=O) groups excluding carboxylic acids is 1. The Bertz CT molecular complexity index is 462. The van der Waals surface area contributed by atoms with E-state index in [2.05, 4.69) is 4.98 Å². The first-order chi connectivity index (χ1) is 9.36. The van der Waals surface area contributed by atoms with E-state index in [4.69, 9.17) is 10.5 Å². The van der Waals surface area contributed by atoms with Crippen molar-refractivity contribution in [3.63, 3.8) is 0 Å². The second-order valence-corrected chi connectivity index (χ2v) is 6.37. The predicted molar refractivity (Wildman–Crippen MR) is 77.4 cm³/mol. The van der Waals surface area contributed by atoms with Gasteiger partial charge < -0.3 is 15.4 Å². The normalized spacial score (nSPS) is 17.5. The number of nitrogens with zero attached hydrogens (tertiary/aromatic N) is 2. The molecule has 5 heteroatoms. The zero-order valence-corrected chi connectivity index (χ0v) is 12.4. The fraction of sp³-hybridized carbons (Fsp3) is 0.600. The van der Waals surface area contributed by atoms with Gasteiger partial charge in [0.1, 0.15) is 5.60 Å². The number of carbonyl (C=O) groups is 1. The van der Waals surface area contributed by atoms with E-state index in [0.717, 1.165) is 12.1 Å². The van der Waals surface area contributed by atoms with Crippen LogP contribution in [0.1, 0.15) is 32.9 Å². The van der Waals surface area contributed by atoms with Crippen LogP contribution in [-0.2, 0) is 10.2 Å². The van der Waals surface area contributed by atoms with E-state index in [1.54, 1.807) is 11.1 Å². The Morgan fingerprint density at radius 1 is 1.45 bits per heavy atom. The highest BCUT2D eigenvalue weighted by Gasteiger charge is 2.47. The quantitative estimate of drug-likeness (QED) is 0.916. The first-order valence-corrected chi connectivity index (χ1v) is 6.96. The van der Waals surface area contributed by atoms with Crippen molar-refractivity contribution in [2.75, 3.05) is 19.6 Å². The van der Waals surface area contributed by atoms with Crippen LogP contribution >= 0.6 is 0 Å². The second kappa shape index (κ2) is 5.40. The van der Waals surface area contributed by atoms with Gasteiger partial charge in [0, 0.05) is 24.7 Å². The van der Waals surface area contributed by atoms with E-state index in [0.29, 0.717) is 19.6 Å². The van der Waals surface area contributed by atoms with Crippen LogP contribution in [0.2, 0.25) is 0 Å². The van der Waals surface area contributed by atoms with Crippen LogP contribution in [0.25, 0.3) is 0 Å². The smallest absolute Gasteiger partial charge is 0.410 e. The number of pyridine rings is 1. The lowest BCUT2D eigenvalue weighted by molar-refractivity contribution is -0.0121. The second-order valence-electron chi connectivity index (χ2n) is 6.37. The highest BCUT2D eigenvalue weighted by molar-refractivity contribution is 5.70. The van der Waals surface area contributed by atoms with E-state index in [1.165, 1.54) is 0 Å². The third-order valence-electron chi connectivity index (χ3n) is 3.47. The summed E-state index contributed by atoms with van der Waals surface area (Å²) >= 11 is 0. The molecule has 1 aliphatic rings. The Morgan fingerprint density at radius 2 is 2.15 bits per heavy atom. The molecule has 0 bridgehead atoms. The molecule has 1 aromatic heterocycles. The number of amides is 1. The van der Waals surface area contributed by atoms with Crippen LogP contribution in [0.15, 0.2) is 24.4 Å². The molecular weight excluding hydrogens is 254 g/mol. The maximum Gasteiger partial charge on any atom is 0.410 e. The number of ether oxygens (including phenoxy) is 1. The lowest BCUT2D eigenvalue weighted by atomic mass is 9.74. The van der Waals surface area contributed by atoms with Gasteiger partial charge in [0.25, 0.3) is 0 Å². The standard InChI is InChI=1S/C15H23N3O2/c1-14(2,3)20-13(19)18-10-15(11-18,7-8-16)12-6-4-5-9-17-12/h4-6,9H,7-8,10-11,16H2,1-3H3. The molecule has 2 heterocycles. The Morgan fingerprint density at radius 3 is 2.65 bits per heavy atom. The molecule has 0 saturated carbocycles. The molecule has 5 nitrogen and oxygen atoms in total. The molecule has 0 aromatic carbocycles. The number of rotatable bonds is 3. The van der Waals surface area contributed by atoms with Gasteiger partial charge in [-0.15, -0.1) is 0 Å². The van der Waals surface area contributed by atoms with E-state index >= 15 is 0 Å². The van der Waals surface area contributed by atoms with Crippen LogP contribution in [-0.4, -0.2) is 41.2 Å². The van der Waals surface area contributed by atoms with Crippen molar-refractivity contribution in [1.82, 2.24) is 9.88 Å². The summed E-state index contributed by atoms with van der Waals surface area (Å²) in [6.07, 6.45) is 2.34. The molecule has 0 spiro atoms. The number of hydrogen-bond donors (Lipinski definition) is 1. The number of nitrogens with two attached hydrogens (primary N) is 1. The minimum absolute atomic E-state index is 0.118. The van der Waals surface area contributed by atoms with E-state index in [-0.39, 0.29) is 11.5 Å². The van der Waals surface area contributed by atoms with Gasteiger partial charge in [-0.2, -0.15) is 0 Å². The van der Waals surface area contributed by atoms with Crippen LogP contribution in [0, 0.1) is 0 Å². The minimum atomic E-state index is -0.464. The summed E-state index contributed by atoms with van der Waals surface area (Å²) in [5, 5.41) is 0. The van der Waals surface area contributed by atoms with Gasteiger partial charge in [0.2, 0.25) is 0 Å². The average Bonchev–Trinajstić information content (AvgIpc) is 2.32. The van der Waals surface area contributed by atoms with Crippen LogP contribution in [0.4, 0.5) is 4.79 Å². The lowest BCUT2D eigenvalue weighted by Gasteiger charge is -2.49. The van der Waals surface area contributed by atoms with E-state index < -0.39 is 5.60 Å². The molecule has 1 aromatic rings. The average molecular weight is 277 g/mol. The zero-order valence-electron chi connectivity index (χ0n) is 12.4. The Balaban J connectivity index is 2.05. The highest BCUT2D eigenvalue weighted by atomic mass is 16.6. The molecule has 1 fully saturated rings. The molecular formula is C15H23N3O2. The van der Waals surface area contributed by atoms with Gasteiger partial charge in [-0.1, -0.05) is 6.07 Å². The van der Waals surface area contributed by atoms with E-state index in [9.17, 15) is 4.79 Å². The fourth-order valence-electron chi connectivity index (χ4n) is 2.54. The summed E-state index contributed by atoms with van der Waals surface area (Å²) < 4.78 is 5.38. The summed E-state index contributed by atoms with van der Waals surface area (Å²) in [6, 6.07) is 5.86. The van der Waals surface area contributed by atoms with Crippen LogP contribution in [0.3, 0.4) is 0 Å². The molecule has 0 atom stereocenters. The van der Waals surface area contributed by atoms with Crippen molar-refractivity contribution in [2.45, 2.75) is 38.2 Å². The first kappa shape index (κ1) is 14.8. The number of aromatic nitrogens is 1. The van der Waals surface area contributed by atoms with E-state index in [1.807, 2.05) is 39.0 Å². The molecule has 2 rings (SSSR count). The largest absolute Gasteiger partial charge is 0.444 e. The Kier molecular flexibility index (Phi) is 3.99. The SMILES string of the molecule is CC(C)(C)OC(=O)N1CC(CCN)(c2ccccn2)C1. The number of likely N-dealkylation sites (tertiary alicyclic amines) is 1. The topological polar surface area (TPSA) is 68.5 Å². The number of hydrogen-bond acceptors (Lipinski definition) is 4. The van der Waals surface area contributed by atoms with Crippen molar-refractivity contribution in [3.8, 4) is 0 Å². The molecule has 1 aliphatic heterocycles. The predicted octanol–water partition coefficient (Wildman–Crippen LogP) is 1.92. The monoisotopic (exact) mass is 277 g/mol. The maximum atomic E-state index is 12.0. The van der Waals surface area contributed by atoms with Crippen LogP contribution in [0.5, 0.6) is 0 Å². The van der Waals surface area contributed by atoms with Crippen molar-refractivity contribution in [2.24, 2.45) is 5.73 Å². The maximum absolute atomic E-state index is 12.0. The molecule has 0 unspecified atom stereocenters. The Labute approximate surface area is 120 Å². The summed E-state index contributed by atoms with van der Waals surface area (Å²) in [5.41, 5.74) is 6.14. The molecule has 0 aliphatic carbocycles. The first-order valence-electron chi connectivity index (χ1n) is 6.96. The molecule has 1 amide bonds. The minimum Gasteiger partial charge on any atom is -0.444 e.